The number of nitrogens with zero attached hydrogens (tertiary/aromatic N) is 1. The maximum atomic E-state index is 12.8. The lowest BCUT2D eigenvalue weighted by Gasteiger charge is -2.65. The molecule has 3 aromatic rings. The van der Waals surface area contributed by atoms with E-state index in [-0.39, 0.29) is 17.9 Å². The molecule has 2 bridgehead atoms. The molecule has 1 spiro atoms. The van der Waals surface area contributed by atoms with Crippen LogP contribution in [0.1, 0.15) is 86.1 Å². The van der Waals surface area contributed by atoms with Crippen molar-refractivity contribution in [2.75, 3.05) is 26.2 Å². The van der Waals surface area contributed by atoms with Crippen molar-refractivity contribution in [1.29, 1.82) is 0 Å². The molecule has 3 aliphatic carbocycles. The van der Waals surface area contributed by atoms with Gasteiger partial charge in [-0.25, -0.2) is 0 Å². The van der Waals surface area contributed by atoms with E-state index in [0.29, 0.717) is 25.0 Å². The van der Waals surface area contributed by atoms with E-state index in [1.54, 1.807) is 6.07 Å². The first-order chi connectivity index (χ1) is 22.8. The van der Waals surface area contributed by atoms with E-state index in [9.17, 15) is 15.3 Å². The zero-order chi connectivity index (χ0) is 32.2. The Morgan fingerprint density at radius 2 is 1.79 bits per heavy atom. The summed E-state index contributed by atoms with van der Waals surface area (Å²) in [6, 6.07) is 22.4. The fourth-order valence-corrected chi connectivity index (χ4v) is 9.63. The third-order valence-corrected chi connectivity index (χ3v) is 12.3. The van der Waals surface area contributed by atoms with Gasteiger partial charge in [0.1, 0.15) is 23.6 Å². The minimum atomic E-state index is -1.09. The second-order valence-electron chi connectivity index (χ2n) is 15.2. The van der Waals surface area contributed by atoms with Crippen LogP contribution in [0.2, 0.25) is 0 Å². The highest BCUT2D eigenvalue weighted by molar-refractivity contribution is 5.63. The van der Waals surface area contributed by atoms with Gasteiger partial charge < -0.3 is 30.1 Å². The number of benzene rings is 3. The molecule has 3 aromatic carbocycles. The number of aryl methyl sites for hydroxylation is 1. The van der Waals surface area contributed by atoms with Gasteiger partial charge in [-0.1, -0.05) is 66.9 Å². The van der Waals surface area contributed by atoms with Gasteiger partial charge in [0.15, 0.2) is 11.5 Å². The number of rotatable bonds is 13. The average molecular weight is 639 g/mol. The van der Waals surface area contributed by atoms with E-state index in [0.717, 1.165) is 80.2 Å². The maximum Gasteiger partial charge on any atom is 0.165 e. The molecule has 0 aromatic heterocycles. The number of piperidine rings is 1. The number of hydrogen-bond donors (Lipinski definition) is 4. The molecule has 0 amide bonds. The highest BCUT2D eigenvalue weighted by Crippen LogP contribution is 2.67. The minimum Gasteiger partial charge on any atom is -0.504 e. The molecule has 8 rings (SSSR count). The fourth-order valence-electron chi connectivity index (χ4n) is 9.63. The van der Waals surface area contributed by atoms with Gasteiger partial charge in [-0.2, -0.15) is 0 Å². The van der Waals surface area contributed by atoms with Crippen molar-refractivity contribution in [1.82, 2.24) is 10.2 Å². The lowest BCUT2D eigenvalue weighted by Crippen LogP contribution is -2.79. The van der Waals surface area contributed by atoms with Crippen molar-refractivity contribution in [3.8, 4) is 17.2 Å². The first-order valence-corrected chi connectivity index (χ1v) is 18.0. The third-order valence-electron chi connectivity index (χ3n) is 12.3. The second-order valence-corrected chi connectivity index (χ2v) is 15.2. The Hall–Kier alpha value is -3.10. The molecular weight excluding hydrogens is 588 g/mol. The van der Waals surface area contributed by atoms with E-state index in [1.165, 1.54) is 24.8 Å². The van der Waals surface area contributed by atoms with E-state index in [2.05, 4.69) is 53.5 Å². The highest BCUT2D eigenvalue weighted by atomic mass is 16.5. The smallest absolute Gasteiger partial charge is 0.165 e. The van der Waals surface area contributed by atoms with Gasteiger partial charge in [0.25, 0.3) is 0 Å². The van der Waals surface area contributed by atoms with Crippen molar-refractivity contribution in [3.05, 3.63) is 89.0 Å². The minimum absolute atomic E-state index is 0.00926. The van der Waals surface area contributed by atoms with Gasteiger partial charge >= 0.3 is 0 Å². The predicted molar refractivity (Wildman–Crippen MR) is 182 cm³/mol. The number of hydrogen-bond acceptors (Lipinski definition) is 7. The van der Waals surface area contributed by atoms with E-state index >= 15 is 0 Å². The van der Waals surface area contributed by atoms with Crippen LogP contribution in [0.25, 0.3) is 0 Å². The number of nitrogens with one attached hydrogen (secondary N) is 1. The van der Waals surface area contributed by atoms with Crippen LogP contribution in [0.3, 0.4) is 0 Å². The quantitative estimate of drug-likeness (QED) is 0.172. The first kappa shape index (κ1) is 31.2. The molecule has 250 valence electrons. The molecule has 6 atom stereocenters. The lowest BCUT2D eigenvalue weighted by molar-refractivity contribution is -0.236. The first-order valence-electron chi connectivity index (χ1n) is 18.0. The van der Waals surface area contributed by atoms with E-state index < -0.39 is 22.7 Å². The van der Waals surface area contributed by atoms with Crippen LogP contribution < -0.4 is 14.8 Å². The Balaban J connectivity index is 0.939. The zero-order valence-corrected chi connectivity index (χ0v) is 27.7. The van der Waals surface area contributed by atoms with Crippen LogP contribution in [-0.2, 0) is 11.8 Å². The van der Waals surface area contributed by atoms with Crippen LogP contribution >= 0.6 is 0 Å². The Labute approximate surface area is 278 Å². The third kappa shape index (κ3) is 5.34. The highest BCUT2D eigenvalue weighted by Gasteiger charge is 2.75. The molecule has 2 aliphatic heterocycles. The number of phenolic OH excluding ortho intramolecular Hbond substituents is 1. The van der Waals surface area contributed by atoms with Gasteiger partial charge in [0.2, 0.25) is 0 Å². The summed E-state index contributed by atoms with van der Waals surface area (Å²) in [7, 11) is 0. The summed E-state index contributed by atoms with van der Waals surface area (Å²) in [4.78, 5) is 2.54. The van der Waals surface area contributed by atoms with Crippen molar-refractivity contribution in [2.45, 2.75) is 106 Å². The number of likely N-dealkylation sites (tertiary alicyclic amines) is 1. The second kappa shape index (κ2) is 12.1. The number of aliphatic hydroxyl groups is 2. The molecule has 7 nitrogen and oxygen atoms in total. The molecule has 7 heteroatoms. The molecule has 47 heavy (non-hydrogen) atoms. The van der Waals surface area contributed by atoms with Crippen molar-refractivity contribution >= 4 is 0 Å². The van der Waals surface area contributed by atoms with Crippen LogP contribution in [0.4, 0.5) is 0 Å². The normalized spacial score (nSPS) is 31.2. The van der Waals surface area contributed by atoms with Crippen LogP contribution in [0.5, 0.6) is 17.2 Å². The number of phenols is 1. The Morgan fingerprint density at radius 3 is 2.57 bits per heavy atom. The molecule has 2 saturated carbocycles. The van der Waals surface area contributed by atoms with Crippen LogP contribution in [0.15, 0.2) is 66.7 Å². The van der Waals surface area contributed by atoms with Gasteiger partial charge in [-0.3, -0.25) is 4.90 Å². The summed E-state index contributed by atoms with van der Waals surface area (Å²) in [5.41, 5.74) is 1.73. The SMILES string of the molecule is Cc1ccc(OC(CCNCCC[C@]2(O)CC[C@@]3(O)[C@H]4Cc5ccc(O)c6c5[C@@]3(CCN4CCC3CC3)[C@H]2O6)c2ccccc2)cc1. The zero-order valence-electron chi connectivity index (χ0n) is 27.7. The summed E-state index contributed by atoms with van der Waals surface area (Å²) in [6.07, 6.45) is 7.96. The van der Waals surface area contributed by atoms with Gasteiger partial charge in [-0.15, -0.1) is 0 Å². The molecule has 3 fully saturated rings. The van der Waals surface area contributed by atoms with Crippen LogP contribution in [0, 0.1) is 12.8 Å². The number of ether oxygens (including phenoxy) is 2. The van der Waals surface area contributed by atoms with Gasteiger partial charge in [0, 0.05) is 18.0 Å². The number of aromatic hydroxyl groups is 1. The molecular formula is C40H50N2O5. The molecule has 1 unspecified atom stereocenters. The lowest BCUT2D eigenvalue weighted by atomic mass is 9.46. The fraction of sp³-hybridized carbons (Fsp3) is 0.550. The predicted octanol–water partition coefficient (Wildman–Crippen LogP) is 5.97. The Bertz CT molecular complexity index is 1580. The summed E-state index contributed by atoms with van der Waals surface area (Å²) >= 11 is 0. The Morgan fingerprint density at radius 1 is 0.979 bits per heavy atom. The average Bonchev–Trinajstić information content (AvgIpc) is 3.83. The van der Waals surface area contributed by atoms with E-state index in [1.807, 2.05) is 24.3 Å². The van der Waals surface area contributed by atoms with Gasteiger partial charge in [0.05, 0.1) is 11.0 Å². The summed E-state index contributed by atoms with van der Waals surface area (Å²) < 4.78 is 13.1. The van der Waals surface area contributed by atoms with Gasteiger partial charge in [-0.05, 0) is 113 Å². The topological polar surface area (TPSA) is 94.4 Å². The molecule has 0 radical (unpaired) electrons. The van der Waals surface area contributed by atoms with Crippen LogP contribution in [-0.4, -0.2) is 69.7 Å². The summed E-state index contributed by atoms with van der Waals surface area (Å²) in [5.74, 6) is 2.33. The summed E-state index contributed by atoms with van der Waals surface area (Å²) in [5, 5.41) is 39.7. The van der Waals surface area contributed by atoms with Crippen molar-refractivity contribution in [2.24, 2.45) is 5.92 Å². The maximum absolute atomic E-state index is 12.8. The molecule has 4 N–H and O–H groups in total. The summed E-state index contributed by atoms with van der Waals surface area (Å²) in [6.45, 7) is 5.54. The molecule has 2 heterocycles. The van der Waals surface area contributed by atoms with E-state index in [4.69, 9.17) is 9.47 Å². The van der Waals surface area contributed by atoms with Crippen molar-refractivity contribution in [3.63, 3.8) is 0 Å². The molecule has 1 saturated heterocycles. The Kier molecular flexibility index (Phi) is 8.03. The largest absolute Gasteiger partial charge is 0.504 e. The monoisotopic (exact) mass is 638 g/mol. The molecule has 5 aliphatic rings. The standard InChI is InChI=1S/C40H50N2O5/c1-27-8-13-31(14-9-27)46-33(29-6-3-2-4-7-29)16-23-41-22-5-18-38(44)19-20-40(45)34-26-30-12-15-32(43)36-35(30)39(40,37(38)47-36)21-25-42(34)24-17-28-10-11-28/h2-4,6-9,12-15,28,33-34,37,41,43-45H,5,10-11,16-26H2,1H3/t33?,34-,37+,38+,39+,40-/m1/s1. The van der Waals surface area contributed by atoms with Crippen molar-refractivity contribution < 1.29 is 24.8 Å².